The number of piperidine rings is 1. The summed E-state index contributed by atoms with van der Waals surface area (Å²) in [5.74, 6) is 6.51. The van der Waals surface area contributed by atoms with Crippen molar-refractivity contribution in [2.75, 3.05) is 18.0 Å². The van der Waals surface area contributed by atoms with Crippen molar-refractivity contribution in [1.82, 2.24) is 23.7 Å². The van der Waals surface area contributed by atoms with E-state index in [1.54, 1.807) is 41.8 Å². The highest BCUT2D eigenvalue weighted by Crippen LogP contribution is 2.24. The Morgan fingerprint density at radius 1 is 1.08 bits per heavy atom. The molecule has 0 bridgehead atoms. The van der Waals surface area contributed by atoms with Gasteiger partial charge < -0.3 is 10.6 Å². The Labute approximate surface area is 213 Å². The van der Waals surface area contributed by atoms with Gasteiger partial charge in [0.25, 0.3) is 5.56 Å². The molecule has 1 fully saturated rings. The third kappa shape index (κ3) is 4.51. The molecule has 10 heteroatoms. The van der Waals surface area contributed by atoms with Crippen LogP contribution in [0.4, 0.5) is 5.95 Å². The molecule has 10 nitrogen and oxygen atoms in total. The van der Waals surface area contributed by atoms with E-state index in [1.807, 2.05) is 24.3 Å². The predicted octanol–water partition coefficient (Wildman–Crippen LogP) is 1.61. The van der Waals surface area contributed by atoms with Gasteiger partial charge in [-0.2, -0.15) is 10.2 Å². The summed E-state index contributed by atoms with van der Waals surface area (Å²) in [6.07, 6.45) is 1.82. The molecule has 0 aliphatic carbocycles. The van der Waals surface area contributed by atoms with E-state index >= 15 is 0 Å². The van der Waals surface area contributed by atoms with Gasteiger partial charge in [0.2, 0.25) is 5.95 Å². The average Bonchev–Trinajstić information content (AvgIpc) is 3.30. The van der Waals surface area contributed by atoms with E-state index in [1.165, 1.54) is 4.57 Å². The minimum absolute atomic E-state index is 0.00858. The van der Waals surface area contributed by atoms with E-state index in [0.717, 1.165) is 24.0 Å². The fraction of sp³-hybridized carbons (Fsp3) is 0.296. The number of nitriles is 1. The number of hydrogen-bond acceptors (Lipinski definition) is 7. The molecule has 1 aliphatic heterocycles. The van der Waals surface area contributed by atoms with Gasteiger partial charge in [0.1, 0.15) is 11.8 Å². The molecule has 1 aliphatic rings. The second kappa shape index (κ2) is 10.1. The van der Waals surface area contributed by atoms with Crippen LogP contribution in [0.1, 0.15) is 31.2 Å². The van der Waals surface area contributed by atoms with Crippen LogP contribution in [0.15, 0.2) is 58.1 Å². The zero-order valence-electron chi connectivity index (χ0n) is 20.5. The van der Waals surface area contributed by atoms with Crippen molar-refractivity contribution in [2.24, 2.45) is 5.73 Å². The Morgan fingerprint density at radius 2 is 1.89 bits per heavy atom. The highest BCUT2D eigenvalue weighted by molar-refractivity contribution is 5.76. The minimum atomic E-state index is -0.541. The number of benzene rings is 1. The van der Waals surface area contributed by atoms with Crippen LogP contribution in [-0.4, -0.2) is 42.8 Å². The van der Waals surface area contributed by atoms with Gasteiger partial charge in [-0.05, 0) is 44.0 Å². The molecule has 0 spiro atoms. The van der Waals surface area contributed by atoms with Gasteiger partial charge in [0, 0.05) is 19.1 Å². The lowest BCUT2D eigenvalue weighted by Gasteiger charge is -2.31. The summed E-state index contributed by atoms with van der Waals surface area (Å²) in [7, 11) is 0. The molecule has 1 aromatic carbocycles. The monoisotopic (exact) mass is 494 g/mol. The molecule has 5 rings (SSSR count). The van der Waals surface area contributed by atoms with Crippen molar-refractivity contribution in [3.05, 3.63) is 80.8 Å². The Morgan fingerprint density at radius 3 is 2.62 bits per heavy atom. The summed E-state index contributed by atoms with van der Waals surface area (Å²) in [5.41, 5.74) is 6.99. The van der Waals surface area contributed by atoms with Gasteiger partial charge in [-0.15, -0.1) is 5.92 Å². The van der Waals surface area contributed by atoms with Crippen molar-refractivity contribution < 1.29 is 0 Å². The van der Waals surface area contributed by atoms with Gasteiger partial charge in [-0.3, -0.25) is 13.9 Å². The second-order valence-corrected chi connectivity index (χ2v) is 8.92. The average molecular weight is 495 g/mol. The summed E-state index contributed by atoms with van der Waals surface area (Å²) < 4.78 is 4.37. The summed E-state index contributed by atoms with van der Waals surface area (Å²) in [6, 6.07) is 16.0. The fourth-order valence-electron chi connectivity index (χ4n) is 4.70. The van der Waals surface area contributed by atoms with Crippen molar-refractivity contribution in [3.8, 4) is 23.6 Å². The third-order valence-electron chi connectivity index (χ3n) is 6.42. The highest BCUT2D eigenvalue weighted by atomic mass is 16.2. The van der Waals surface area contributed by atoms with Crippen molar-refractivity contribution in [3.63, 3.8) is 0 Å². The van der Waals surface area contributed by atoms with Gasteiger partial charge in [-0.25, -0.2) is 14.3 Å². The molecule has 37 heavy (non-hydrogen) atoms. The van der Waals surface area contributed by atoms with Crippen molar-refractivity contribution in [2.45, 2.75) is 38.9 Å². The molecule has 4 aromatic rings. The van der Waals surface area contributed by atoms with Crippen LogP contribution < -0.4 is 21.9 Å². The number of nitrogens with zero attached hydrogens (tertiary/aromatic N) is 7. The number of para-hydroxylation sites is 1. The van der Waals surface area contributed by atoms with Gasteiger partial charge >= 0.3 is 5.69 Å². The normalized spacial score (nSPS) is 15.3. The molecular formula is C27H26N8O2. The lowest BCUT2D eigenvalue weighted by Crippen LogP contribution is -2.44. The molecule has 4 heterocycles. The van der Waals surface area contributed by atoms with E-state index in [4.69, 9.17) is 10.7 Å². The van der Waals surface area contributed by atoms with Crippen molar-refractivity contribution in [1.29, 1.82) is 5.26 Å². The molecule has 3 aromatic heterocycles. The molecule has 0 saturated carbocycles. The first-order chi connectivity index (χ1) is 18.0. The van der Waals surface area contributed by atoms with E-state index in [0.29, 0.717) is 23.9 Å². The van der Waals surface area contributed by atoms with Crippen LogP contribution in [0.3, 0.4) is 0 Å². The number of anilines is 1. The molecule has 0 amide bonds. The number of pyridine rings is 1. The molecular weight excluding hydrogens is 468 g/mol. The molecule has 2 N–H and O–H groups in total. The zero-order valence-corrected chi connectivity index (χ0v) is 20.5. The number of rotatable bonds is 5. The zero-order chi connectivity index (χ0) is 25.9. The number of nitrogens with two attached hydrogens (primary N) is 1. The minimum Gasteiger partial charge on any atom is -0.341 e. The van der Waals surface area contributed by atoms with E-state index in [2.05, 4.69) is 21.7 Å². The predicted molar refractivity (Wildman–Crippen MR) is 141 cm³/mol. The van der Waals surface area contributed by atoms with E-state index in [9.17, 15) is 14.9 Å². The molecule has 1 atom stereocenters. The van der Waals surface area contributed by atoms with Crippen LogP contribution >= 0.6 is 0 Å². The fourth-order valence-corrected chi connectivity index (χ4v) is 4.70. The maximum atomic E-state index is 13.9. The maximum absolute atomic E-state index is 13.9. The third-order valence-corrected chi connectivity index (χ3v) is 6.42. The quantitative estimate of drug-likeness (QED) is 0.418. The number of aromatic nitrogens is 5. The molecule has 186 valence electrons. The van der Waals surface area contributed by atoms with Crippen LogP contribution in [0.25, 0.3) is 16.9 Å². The van der Waals surface area contributed by atoms with Crippen molar-refractivity contribution >= 4 is 17.1 Å². The van der Waals surface area contributed by atoms with Crippen LogP contribution in [0.5, 0.6) is 0 Å². The first kappa shape index (κ1) is 24.0. The van der Waals surface area contributed by atoms with Crippen LogP contribution in [-0.2, 0) is 13.1 Å². The molecule has 0 radical (unpaired) electrons. The van der Waals surface area contributed by atoms with Gasteiger partial charge in [0.05, 0.1) is 24.5 Å². The lowest BCUT2D eigenvalue weighted by atomic mass is 10.1. The maximum Gasteiger partial charge on any atom is 0.337 e. The first-order valence-corrected chi connectivity index (χ1v) is 12.1. The summed E-state index contributed by atoms with van der Waals surface area (Å²) in [5, 5.41) is 9.25. The number of imidazole rings is 1. The van der Waals surface area contributed by atoms with E-state index < -0.39 is 11.2 Å². The molecule has 0 unspecified atom stereocenters. The Balaban J connectivity index is 1.82. The SMILES string of the molecule is CC#CCn1c(N2CCC[C@@H](N)C2)nc2c1c(=O)n(Cc1cccc(C#N)n1)c(=O)n2-c1ccccc1. The van der Waals surface area contributed by atoms with Gasteiger partial charge in [0.15, 0.2) is 11.2 Å². The summed E-state index contributed by atoms with van der Waals surface area (Å²) in [4.78, 5) is 39.0. The van der Waals surface area contributed by atoms with Gasteiger partial charge in [-0.1, -0.05) is 30.2 Å². The highest BCUT2D eigenvalue weighted by Gasteiger charge is 2.27. The Bertz CT molecular complexity index is 1680. The standard InChI is InChI=1S/C27H26N8O2/c1-2-3-15-33-23-24(31-26(33)32-14-8-9-19(29)17-32)35(22-12-5-4-6-13-22)27(37)34(25(23)36)18-21-11-7-10-20(16-28)30-21/h4-7,10-13,19H,8-9,14-15,17-18,29H2,1H3/t19-/m1/s1. The lowest BCUT2D eigenvalue weighted by molar-refractivity contribution is 0.496. The Kier molecular flexibility index (Phi) is 6.59. The second-order valence-electron chi connectivity index (χ2n) is 8.92. The van der Waals surface area contributed by atoms with E-state index in [-0.39, 0.29) is 36.0 Å². The number of hydrogen-bond donors (Lipinski definition) is 1. The smallest absolute Gasteiger partial charge is 0.337 e. The first-order valence-electron chi connectivity index (χ1n) is 12.1. The number of fused-ring (bicyclic) bond motifs is 1. The molecule has 1 saturated heterocycles. The topological polar surface area (TPSA) is 128 Å². The van der Waals surface area contributed by atoms with Crippen LogP contribution in [0.2, 0.25) is 0 Å². The summed E-state index contributed by atoms with van der Waals surface area (Å²) in [6.45, 7) is 3.22. The summed E-state index contributed by atoms with van der Waals surface area (Å²) >= 11 is 0. The van der Waals surface area contributed by atoms with Crippen LogP contribution in [0, 0.1) is 23.2 Å². The largest absolute Gasteiger partial charge is 0.341 e. The Hall–Kier alpha value is -4.67.